The molecule has 1 aliphatic rings. The van der Waals surface area contributed by atoms with Crippen molar-refractivity contribution in [3.63, 3.8) is 0 Å². The minimum atomic E-state index is -1.40. The molecule has 1 fully saturated rings. The Morgan fingerprint density at radius 2 is 2.08 bits per heavy atom. The van der Waals surface area contributed by atoms with Crippen LogP contribution in [0.4, 0.5) is 5.82 Å². The Morgan fingerprint density at radius 1 is 1.33 bits per heavy atom. The molecule has 11 heteroatoms. The number of ether oxygens (including phenoxy) is 1. The number of hydrogen-bond acceptors (Lipinski definition) is 9. The van der Waals surface area contributed by atoms with Crippen LogP contribution < -0.4 is 11.4 Å². The normalized spacial score (nSPS) is 26.8. The average Bonchev–Trinajstić information content (AvgIpc) is 3.14. The van der Waals surface area contributed by atoms with E-state index < -0.39 is 36.8 Å². The van der Waals surface area contributed by atoms with Crippen LogP contribution in [0.5, 0.6) is 0 Å². The molecule has 0 aliphatic carbocycles. The molecule has 0 amide bonds. The van der Waals surface area contributed by atoms with Crippen molar-refractivity contribution in [3.8, 4) is 5.69 Å². The number of aliphatic hydroxyl groups is 3. The molecule has 4 unspecified atom stereocenters. The minimum Gasteiger partial charge on any atom is -0.394 e. The molecule has 4 atom stereocenters. The third-order valence-electron chi connectivity index (χ3n) is 3.90. The summed E-state index contributed by atoms with van der Waals surface area (Å²) in [4.78, 5) is 15.8. The molecule has 5 N–H and O–H groups in total. The van der Waals surface area contributed by atoms with Crippen molar-refractivity contribution in [2.24, 2.45) is 0 Å². The highest BCUT2D eigenvalue weighted by molar-refractivity contribution is 5.49. The maximum Gasteiger partial charge on any atom is 0.351 e. The summed E-state index contributed by atoms with van der Waals surface area (Å²) in [7, 11) is 0. The third kappa shape index (κ3) is 2.67. The fraction of sp³-hybridized carbons (Fsp3) is 0.538. The summed E-state index contributed by atoms with van der Waals surface area (Å²) in [5.41, 5.74) is 6.02. The second-order valence-corrected chi connectivity index (χ2v) is 5.44. The number of nitrogen functional groups attached to an aromatic ring is 1. The van der Waals surface area contributed by atoms with Gasteiger partial charge in [0, 0.05) is 6.20 Å². The van der Waals surface area contributed by atoms with E-state index in [1.807, 2.05) is 6.92 Å². The molecule has 0 bridgehead atoms. The first-order valence-corrected chi connectivity index (χ1v) is 7.39. The number of hydrogen-bond donors (Lipinski definition) is 4. The second-order valence-electron chi connectivity index (χ2n) is 5.44. The summed E-state index contributed by atoms with van der Waals surface area (Å²) in [5.74, 6) is -0.0597. The Labute approximate surface area is 135 Å². The van der Waals surface area contributed by atoms with Crippen molar-refractivity contribution in [2.45, 2.75) is 37.9 Å². The first kappa shape index (κ1) is 16.5. The average molecular weight is 338 g/mol. The molecule has 24 heavy (non-hydrogen) atoms. The molecule has 1 saturated heterocycles. The van der Waals surface area contributed by atoms with Crippen molar-refractivity contribution in [2.75, 3.05) is 12.3 Å². The molecule has 3 heterocycles. The fourth-order valence-electron chi connectivity index (χ4n) is 2.52. The van der Waals surface area contributed by atoms with Crippen LogP contribution in [0.25, 0.3) is 5.69 Å². The van der Waals surface area contributed by atoms with Gasteiger partial charge in [-0.05, 0) is 6.42 Å². The predicted molar refractivity (Wildman–Crippen MR) is 80.2 cm³/mol. The van der Waals surface area contributed by atoms with Crippen molar-refractivity contribution < 1.29 is 20.1 Å². The van der Waals surface area contributed by atoms with Crippen molar-refractivity contribution in [3.05, 3.63) is 28.6 Å². The summed E-state index contributed by atoms with van der Waals surface area (Å²) in [5, 5.41) is 36.9. The number of aryl methyl sites for hydroxylation is 1. The van der Waals surface area contributed by atoms with Gasteiger partial charge in [0.15, 0.2) is 12.0 Å². The smallest absolute Gasteiger partial charge is 0.351 e. The van der Waals surface area contributed by atoms with Crippen LogP contribution in [0, 0.1) is 0 Å². The summed E-state index contributed by atoms with van der Waals surface area (Å²) in [6.45, 7) is 1.41. The fourth-order valence-corrected chi connectivity index (χ4v) is 2.52. The van der Waals surface area contributed by atoms with Gasteiger partial charge in [0.25, 0.3) is 0 Å². The zero-order chi connectivity index (χ0) is 17.4. The van der Waals surface area contributed by atoms with Crippen LogP contribution in [-0.2, 0) is 11.2 Å². The second kappa shape index (κ2) is 6.28. The first-order valence-electron chi connectivity index (χ1n) is 7.39. The maximum absolute atomic E-state index is 12.1. The quantitative estimate of drug-likeness (QED) is 0.475. The standard InChI is InChI=1S/C13H18N6O5/c1-2-6-3-19(17-16-6)7-4-18(13(23)15-11(7)14)12-10(22)9(21)8(5-20)24-12/h3-4,8-10,12,20-22H,2,5H2,1H3,(H2,14,15,23). The molecule has 2 aromatic rings. The highest BCUT2D eigenvalue weighted by Crippen LogP contribution is 2.28. The molecular weight excluding hydrogens is 320 g/mol. The van der Waals surface area contributed by atoms with Crippen molar-refractivity contribution >= 4 is 5.82 Å². The van der Waals surface area contributed by atoms with Gasteiger partial charge in [0.1, 0.15) is 24.0 Å². The lowest BCUT2D eigenvalue weighted by molar-refractivity contribution is -0.0549. The van der Waals surface area contributed by atoms with Crippen LogP contribution >= 0.6 is 0 Å². The summed E-state index contributed by atoms with van der Waals surface area (Å²) in [6.07, 6.45) is -1.31. The van der Waals surface area contributed by atoms with Crippen LogP contribution in [-0.4, -0.2) is 64.8 Å². The zero-order valence-corrected chi connectivity index (χ0v) is 12.8. The van der Waals surface area contributed by atoms with Crippen LogP contribution in [0.1, 0.15) is 18.8 Å². The Kier molecular flexibility index (Phi) is 4.32. The summed E-state index contributed by atoms with van der Waals surface area (Å²) < 4.78 is 7.71. The Bertz CT molecular complexity index is 789. The lowest BCUT2D eigenvalue weighted by Crippen LogP contribution is -2.36. The van der Waals surface area contributed by atoms with E-state index in [0.29, 0.717) is 6.42 Å². The summed E-state index contributed by atoms with van der Waals surface area (Å²) >= 11 is 0. The summed E-state index contributed by atoms with van der Waals surface area (Å²) in [6, 6.07) is 0. The van der Waals surface area contributed by atoms with Crippen LogP contribution in [0.2, 0.25) is 0 Å². The van der Waals surface area contributed by atoms with Crippen molar-refractivity contribution in [1.82, 2.24) is 24.5 Å². The monoisotopic (exact) mass is 338 g/mol. The number of nitrogens with zero attached hydrogens (tertiary/aromatic N) is 5. The van der Waals surface area contributed by atoms with Gasteiger partial charge in [-0.1, -0.05) is 12.1 Å². The van der Waals surface area contributed by atoms with E-state index in [0.717, 1.165) is 10.3 Å². The van der Waals surface area contributed by atoms with Gasteiger partial charge in [-0.3, -0.25) is 4.57 Å². The Balaban J connectivity index is 2.03. The first-order chi connectivity index (χ1) is 11.5. The molecule has 11 nitrogen and oxygen atoms in total. The molecule has 0 spiro atoms. The van der Waals surface area contributed by atoms with E-state index in [2.05, 4.69) is 15.3 Å². The number of rotatable bonds is 4. The third-order valence-corrected chi connectivity index (χ3v) is 3.90. The predicted octanol–water partition coefficient (Wildman–Crippen LogP) is -2.42. The maximum atomic E-state index is 12.1. The lowest BCUT2D eigenvalue weighted by atomic mass is 10.1. The minimum absolute atomic E-state index is 0.0597. The molecular formula is C13H18N6O5. The van der Waals surface area contributed by atoms with E-state index in [9.17, 15) is 15.0 Å². The van der Waals surface area contributed by atoms with Gasteiger partial charge in [-0.25, -0.2) is 9.48 Å². The Morgan fingerprint density at radius 3 is 2.67 bits per heavy atom. The zero-order valence-electron chi connectivity index (χ0n) is 12.8. The van der Waals surface area contributed by atoms with E-state index in [1.54, 1.807) is 6.20 Å². The van der Waals surface area contributed by atoms with Gasteiger partial charge in [0.05, 0.1) is 18.5 Å². The van der Waals surface area contributed by atoms with Gasteiger partial charge < -0.3 is 25.8 Å². The Hall–Kier alpha value is -2.34. The van der Waals surface area contributed by atoms with E-state index in [-0.39, 0.29) is 11.5 Å². The number of nitrogens with two attached hydrogens (primary N) is 1. The highest BCUT2D eigenvalue weighted by Gasteiger charge is 2.44. The van der Waals surface area contributed by atoms with Gasteiger partial charge in [0.2, 0.25) is 0 Å². The van der Waals surface area contributed by atoms with E-state index in [4.69, 9.17) is 15.6 Å². The topological polar surface area (TPSA) is 162 Å². The van der Waals surface area contributed by atoms with Gasteiger partial charge in [-0.2, -0.15) is 4.98 Å². The lowest BCUT2D eigenvalue weighted by Gasteiger charge is -2.18. The van der Waals surface area contributed by atoms with Gasteiger partial charge >= 0.3 is 5.69 Å². The molecule has 0 saturated carbocycles. The van der Waals surface area contributed by atoms with Gasteiger partial charge in [-0.15, -0.1) is 5.10 Å². The highest BCUT2D eigenvalue weighted by atomic mass is 16.6. The number of aromatic nitrogens is 5. The molecule has 130 valence electrons. The number of anilines is 1. The SMILES string of the molecule is CCc1cn(-c2cn(C3OC(CO)C(O)C3O)c(=O)nc2N)nn1. The van der Waals surface area contributed by atoms with E-state index >= 15 is 0 Å². The largest absolute Gasteiger partial charge is 0.394 e. The molecule has 3 rings (SSSR count). The molecule has 1 aliphatic heterocycles. The number of aliphatic hydroxyl groups excluding tert-OH is 3. The molecule has 0 radical (unpaired) electrons. The van der Waals surface area contributed by atoms with E-state index in [1.165, 1.54) is 10.9 Å². The molecule has 2 aromatic heterocycles. The van der Waals surface area contributed by atoms with Crippen molar-refractivity contribution in [1.29, 1.82) is 0 Å². The van der Waals surface area contributed by atoms with Crippen LogP contribution in [0.3, 0.4) is 0 Å². The molecule has 0 aromatic carbocycles. The van der Waals surface area contributed by atoms with Crippen LogP contribution in [0.15, 0.2) is 17.2 Å².